The van der Waals surface area contributed by atoms with Crippen LogP contribution in [-0.4, -0.2) is 37.2 Å². The Morgan fingerprint density at radius 2 is 1.73 bits per heavy atom. The van der Waals surface area contributed by atoms with Crippen LogP contribution in [0.2, 0.25) is 5.02 Å². The molecule has 1 atom stereocenters. The molecule has 3 aromatic rings. The number of pyridine rings is 1. The number of alkyl halides is 3. The molecule has 2 heterocycles. The predicted molar refractivity (Wildman–Crippen MR) is 128 cm³/mol. The Morgan fingerprint density at radius 3 is 2.35 bits per heavy atom. The number of sulfonamides is 1. The van der Waals surface area contributed by atoms with E-state index in [1.165, 1.54) is 43.5 Å². The van der Waals surface area contributed by atoms with Gasteiger partial charge in [-0.15, -0.1) is 13.2 Å². The molecule has 14 heteroatoms. The summed E-state index contributed by atoms with van der Waals surface area (Å²) < 4.78 is 68.6. The van der Waals surface area contributed by atoms with E-state index < -0.39 is 39.6 Å². The van der Waals surface area contributed by atoms with Crippen LogP contribution in [0.3, 0.4) is 0 Å². The van der Waals surface area contributed by atoms with Gasteiger partial charge in [-0.2, -0.15) is 0 Å². The lowest BCUT2D eigenvalue weighted by Gasteiger charge is -2.22. The van der Waals surface area contributed by atoms with Gasteiger partial charge in [0.15, 0.2) is 0 Å². The van der Waals surface area contributed by atoms with Gasteiger partial charge in [-0.3, -0.25) is 9.52 Å². The normalized spacial score (nSPS) is 18.0. The van der Waals surface area contributed by atoms with Crippen LogP contribution >= 0.6 is 11.6 Å². The summed E-state index contributed by atoms with van der Waals surface area (Å²) in [6.45, 7) is 1.48. The summed E-state index contributed by atoms with van der Waals surface area (Å²) >= 11 is 5.80. The number of aromatic nitrogens is 1. The van der Waals surface area contributed by atoms with Crippen LogP contribution in [0, 0.1) is 0 Å². The van der Waals surface area contributed by atoms with E-state index in [0.29, 0.717) is 10.6 Å². The monoisotopic (exact) mass is 554 g/mol. The number of halogens is 4. The summed E-state index contributed by atoms with van der Waals surface area (Å²) in [7, 11) is -3.97. The molecule has 1 aromatic heterocycles. The van der Waals surface area contributed by atoms with Crippen molar-refractivity contribution in [1.29, 1.82) is 0 Å². The maximum Gasteiger partial charge on any atom is 0.573 e. The highest BCUT2D eigenvalue weighted by atomic mass is 35.5. The topological polar surface area (TPSA) is 118 Å². The fourth-order valence-electron chi connectivity index (χ4n) is 3.69. The van der Waals surface area contributed by atoms with Crippen molar-refractivity contribution in [2.24, 2.45) is 0 Å². The molecule has 0 aliphatic carbocycles. The lowest BCUT2D eigenvalue weighted by molar-refractivity contribution is -0.274. The molecule has 2 N–H and O–H groups in total. The van der Waals surface area contributed by atoms with Gasteiger partial charge in [0.1, 0.15) is 17.1 Å². The molecule has 37 heavy (non-hydrogen) atoms. The van der Waals surface area contributed by atoms with Gasteiger partial charge in [-0.05, 0) is 73.2 Å². The molecule has 1 fully saturated rings. The molecule has 1 unspecified atom stereocenters. The molecule has 0 saturated carbocycles. The summed E-state index contributed by atoms with van der Waals surface area (Å²) in [6.07, 6.45) is -3.56. The van der Waals surface area contributed by atoms with E-state index in [1.807, 2.05) is 0 Å². The van der Waals surface area contributed by atoms with Crippen LogP contribution in [-0.2, 0) is 21.2 Å². The second-order valence-corrected chi connectivity index (χ2v) is 10.3. The van der Waals surface area contributed by atoms with Crippen LogP contribution in [0.5, 0.6) is 5.75 Å². The van der Waals surface area contributed by atoms with Crippen LogP contribution < -0.4 is 19.7 Å². The number of urea groups is 1. The van der Waals surface area contributed by atoms with Crippen molar-refractivity contribution in [2.45, 2.75) is 30.1 Å². The van der Waals surface area contributed by atoms with Gasteiger partial charge in [0.2, 0.25) is 0 Å². The van der Waals surface area contributed by atoms with Crippen molar-refractivity contribution in [3.05, 3.63) is 77.4 Å². The summed E-state index contributed by atoms with van der Waals surface area (Å²) in [4.78, 5) is 30.6. The number of nitrogens with one attached hydrogen (secondary N) is 2. The molecule has 9 nitrogen and oxygen atoms in total. The zero-order valence-corrected chi connectivity index (χ0v) is 20.5. The first-order chi connectivity index (χ1) is 17.3. The van der Waals surface area contributed by atoms with Crippen LogP contribution in [0.4, 0.5) is 29.5 Å². The minimum Gasteiger partial charge on any atom is -0.406 e. The van der Waals surface area contributed by atoms with Crippen molar-refractivity contribution in [1.82, 2.24) is 10.3 Å². The minimum atomic E-state index is -4.88. The SMILES string of the molecule is CC1(Cc2ccnc(NS(=O)(=O)c3ccc(Cl)cc3)c2)NC(=O)N(c2ccc(OC(F)(F)F)cc2)C1=O. The Bertz CT molecular complexity index is 1450. The highest BCUT2D eigenvalue weighted by molar-refractivity contribution is 7.92. The van der Waals surface area contributed by atoms with Crippen molar-refractivity contribution in [3.63, 3.8) is 0 Å². The molecule has 1 aliphatic heterocycles. The molecule has 0 bridgehead atoms. The molecular formula is C23H18ClF3N4O5S. The van der Waals surface area contributed by atoms with Gasteiger partial charge in [0.05, 0.1) is 10.6 Å². The smallest absolute Gasteiger partial charge is 0.406 e. The van der Waals surface area contributed by atoms with E-state index in [-0.39, 0.29) is 22.8 Å². The standard InChI is InChI=1S/C23H18ClF3N4O5S/c1-22(20(32)31(21(33)29-22)16-4-6-17(7-5-16)36-23(25,26)27)13-14-10-11-28-19(12-14)30-37(34,35)18-8-2-15(24)3-9-18/h2-12H,13H2,1H3,(H,28,30)(H,29,33). The van der Waals surface area contributed by atoms with E-state index in [0.717, 1.165) is 29.2 Å². The van der Waals surface area contributed by atoms with Gasteiger partial charge in [0, 0.05) is 17.6 Å². The quantitative estimate of drug-likeness (QED) is 0.416. The third-order valence-corrected chi connectivity index (χ3v) is 6.96. The molecule has 1 saturated heterocycles. The van der Waals surface area contributed by atoms with Crippen molar-refractivity contribution >= 4 is 45.1 Å². The number of rotatable bonds is 7. The van der Waals surface area contributed by atoms with E-state index in [9.17, 15) is 31.2 Å². The van der Waals surface area contributed by atoms with Crippen molar-refractivity contribution in [2.75, 3.05) is 9.62 Å². The summed E-state index contributed by atoms with van der Waals surface area (Å²) in [6, 6.07) is 12.0. The first-order valence-corrected chi connectivity index (χ1v) is 12.4. The van der Waals surface area contributed by atoms with Crippen LogP contribution in [0.15, 0.2) is 71.8 Å². The Balaban J connectivity index is 1.51. The van der Waals surface area contributed by atoms with E-state index in [2.05, 4.69) is 19.8 Å². The zero-order chi connectivity index (χ0) is 27.0. The molecule has 3 amide bonds. The number of amides is 3. The second-order valence-electron chi connectivity index (χ2n) is 8.23. The number of carbonyl (C=O) groups is 2. The summed E-state index contributed by atoms with van der Waals surface area (Å²) in [5, 5.41) is 2.95. The maximum absolute atomic E-state index is 13.2. The highest BCUT2D eigenvalue weighted by Gasteiger charge is 2.48. The number of nitrogens with zero attached hydrogens (tertiary/aromatic N) is 2. The number of benzene rings is 2. The van der Waals surface area contributed by atoms with Crippen LogP contribution in [0.1, 0.15) is 12.5 Å². The number of anilines is 2. The van der Waals surface area contributed by atoms with Crippen molar-refractivity contribution in [3.8, 4) is 5.75 Å². The summed E-state index contributed by atoms with van der Waals surface area (Å²) in [5.74, 6) is -1.16. The molecule has 0 radical (unpaired) electrons. The largest absolute Gasteiger partial charge is 0.573 e. The first-order valence-electron chi connectivity index (χ1n) is 10.5. The molecule has 2 aromatic carbocycles. The lowest BCUT2D eigenvalue weighted by Crippen LogP contribution is -2.46. The van der Waals surface area contributed by atoms with Gasteiger partial charge in [-0.25, -0.2) is 23.1 Å². The average Bonchev–Trinajstić information content (AvgIpc) is 3.01. The van der Waals surface area contributed by atoms with Crippen molar-refractivity contribution < 1.29 is 35.9 Å². The van der Waals surface area contributed by atoms with Gasteiger partial charge >= 0.3 is 12.4 Å². The minimum absolute atomic E-state index is 0.00932. The Labute approximate surface area is 214 Å². The first kappa shape index (κ1) is 26.2. The second kappa shape index (κ2) is 9.56. The van der Waals surface area contributed by atoms with E-state index >= 15 is 0 Å². The Morgan fingerprint density at radius 1 is 1.08 bits per heavy atom. The predicted octanol–water partition coefficient (Wildman–Crippen LogP) is 4.49. The zero-order valence-electron chi connectivity index (χ0n) is 18.9. The molecular weight excluding hydrogens is 537 g/mol. The van der Waals surface area contributed by atoms with E-state index in [1.54, 1.807) is 6.07 Å². The molecule has 194 valence electrons. The fraction of sp³-hybridized carbons (Fsp3) is 0.174. The van der Waals surface area contributed by atoms with E-state index in [4.69, 9.17) is 11.6 Å². The number of hydrogen-bond donors (Lipinski definition) is 2. The number of hydrogen-bond acceptors (Lipinski definition) is 6. The molecule has 0 spiro atoms. The number of carbonyl (C=O) groups excluding carboxylic acids is 2. The highest BCUT2D eigenvalue weighted by Crippen LogP contribution is 2.30. The maximum atomic E-state index is 13.2. The lowest BCUT2D eigenvalue weighted by atomic mass is 9.93. The third kappa shape index (κ3) is 5.94. The fourth-order valence-corrected chi connectivity index (χ4v) is 4.82. The van der Waals surface area contributed by atoms with Gasteiger partial charge < -0.3 is 10.1 Å². The molecule has 1 aliphatic rings. The third-order valence-electron chi connectivity index (χ3n) is 5.33. The Kier molecular flexibility index (Phi) is 6.78. The van der Waals surface area contributed by atoms with Crippen LogP contribution in [0.25, 0.3) is 0 Å². The molecule has 4 rings (SSSR count). The average molecular weight is 555 g/mol. The van der Waals surface area contributed by atoms with Gasteiger partial charge in [0.25, 0.3) is 15.9 Å². The number of ether oxygens (including phenoxy) is 1. The Hall–Kier alpha value is -3.84. The number of imide groups is 1. The summed E-state index contributed by atoms with van der Waals surface area (Å²) in [5.41, 5.74) is -0.894. The van der Waals surface area contributed by atoms with Gasteiger partial charge in [-0.1, -0.05) is 11.6 Å².